The fourth-order valence-electron chi connectivity index (χ4n) is 14.2. The maximum atomic E-state index is 14.3. The molecule has 13 aromatic carbocycles. The van der Waals surface area contributed by atoms with Crippen LogP contribution in [-0.2, 0) is 10.8 Å². The Balaban J connectivity index is 0.000000138. The number of rotatable bonds is 9. The first-order valence-electron chi connectivity index (χ1n) is 29.9. The Morgan fingerprint density at radius 2 is 0.618 bits per heavy atom. The first-order chi connectivity index (χ1) is 43.9. The largest absolute Gasteiger partial charge is 0.309 e. The van der Waals surface area contributed by atoms with E-state index in [1.165, 1.54) is 49.7 Å². The van der Waals surface area contributed by atoms with Crippen molar-refractivity contribution in [2.24, 2.45) is 0 Å². The van der Waals surface area contributed by atoms with E-state index >= 15 is 0 Å². The van der Waals surface area contributed by atoms with E-state index in [4.69, 9.17) is 11.6 Å². The van der Waals surface area contributed by atoms with Gasteiger partial charge in [-0.1, -0.05) is 285 Å². The van der Waals surface area contributed by atoms with Crippen LogP contribution in [0.15, 0.2) is 334 Å². The molecule has 0 amide bonds. The van der Waals surface area contributed by atoms with Gasteiger partial charge in [-0.2, -0.15) is 0 Å². The number of benzene rings is 13. The van der Waals surface area contributed by atoms with Crippen LogP contribution in [0.2, 0.25) is 0 Å². The second-order valence-corrected chi connectivity index (χ2v) is 22.9. The third-order valence-electron chi connectivity index (χ3n) is 17.9. The quantitative estimate of drug-likeness (QED) is 0.107. The number of carbonyl (C=O) groups is 3. The van der Waals surface area contributed by atoms with Gasteiger partial charge >= 0.3 is 0 Å². The molecule has 5 nitrogen and oxygen atoms in total. The van der Waals surface area contributed by atoms with Crippen molar-refractivity contribution in [3.8, 4) is 11.4 Å². The number of para-hydroxylation sites is 4. The van der Waals surface area contributed by atoms with Crippen molar-refractivity contribution in [3.63, 3.8) is 0 Å². The van der Waals surface area contributed by atoms with E-state index in [0.29, 0.717) is 27.8 Å². The molecule has 0 bridgehead atoms. The summed E-state index contributed by atoms with van der Waals surface area (Å²) in [6.45, 7) is 0. The van der Waals surface area contributed by atoms with Gasteiger partial charge in [0.25, 0.3) is 5.24 Å². The number of hydrogen-bond donors (Lipinski definition) is 0. The zero-order chi connectivity index (χ0) is 60.1. The predicted octanol–water partition coefficient (Wildman–Crippen LogP) is 19.5. The molecule has 17 rings (SSSR count). The third-order valence-corrected chi connectivity index (χ3v) is 18.1. The summed E-state index contributed by atoms with van der Waals surface area (Å²) in [5, 5.41) is 4.08. The van der Waals surface area contributed by atoms with Crippen molar-refractivity contribution in [1.29, 1.82) is 0 Å². The molecule has 0 atom stereocenters. The van der Waals surface area contributed by atoms with Gasteiger partial charge in [-0.3, -0.25) is 14.4 Å². The summed E-state index contributed by atoms with van der Waals surface area (Å²) in [7, 11) is 0. The van der Waals surface area contributed by atoms with Gasteiger partial charge in [0.05, 0.1) is 44.3 Å². The molecule has 2 aliphatic heterocycles. The van der Waals surface area contributed by atoms with E-state index in [1.54, 1.807) is 24.3 Å². The van der Waals surface area contributed by atoms with Crippen LogP contribution >= 0.6 is 11.6 Å². The van der Waals surface area contributed by atoms with Crippen LogP contribution in [0.1, 0.15) is 86.7 Å². The second kappa shape index (κ2) is 22.6. The molecule has 0 spiro atoms. The first kappa shape index (κ1) is 54.4. The Labute approximate surface area is 520 Å². The van der Waals surface area contributed by atoms with Crippen LogP contribution in [-0.4, -0.2) is 25.9 Å². The smallest absolute Gasteiger partial charge is 0.252 e. The summed E-state index contributed by atoms with van der Waals surface area (Å²) in [5.41, 5.74) is 18.5. The Bertz CT molecular complexity index is 5100. The maximum Gasteiger partial charge on any atom is 0.252 e. The molecular formula is C83H55ClN2O3. The fraction of sp³-hybridized carbons (Fsp3) is 0.0241. The van der Waals surface area contributed by atoms with E-state index in [0.717, 1.165) is 49.7 Å². The van der Waals surface area contributed by atoms with Crippen LogP contribution in [0.25, 0.3) is 55.0 Å². The number of fused-ring (bicyclic) bond motifs is 10. The van der Waals surface area contributed by atoms with Gasteiger partial charge in [0, 0.05) is 49.4 Å². The molecule has 0 radical (unpaired) electrons. The molecule has 6 heteroatoms. The van der Waals surface area contributed by atoms with Crippen LogP contribution < -0.4 is 0 Å². The van der Waals surface area contributed by atoms with Crippen molar-refractivity contribution < 1.29 is 14.4 Å². The minimum absolute atomic E-state index is 0.0340. The van der Waals surface area contributed by atoms with Gasteiger partial charge in [-0.25, -0.2) is 0 Å². The number of ketones is 2. The Morgan fingerprint density at radius 1 is 0.258 bits per heavy atom. The molecular weight excluding hydrogens is 1110 g/mol. The van der Waals surface area contributed by atoms with E-state index in [-0.39, 0.29) is 17.0 Å². The number of nitrogens with zero attached hydrogens (tertiary/aromatic N) is 2. The minimum Gasteiger partial charge on any atom is -0.309 e. The van der Waals surface area contributed by atoms with Crippen molar-refractivity contribution in [2.45, 2.75) is 10.8 Å². The monoisotopic (exact) mass is 1160 g/mol. The molecule has 0 fully saturated rings. The molecule has 2 aromatic heterocycles. The summed E-state index contributed by atoms with van der Waals surface area (Å²) in [5.74, 6) is -0.0756. The topological polar surface area (TPSA) is 61.1 Å². The molecule has 422 valence electrons. The lowest BCUT2D eigenvalue weighted by molar-refractivity contribution is 0.103. The minimum atomic E-state index is -0.725. The predicted molar refractivity (Wildman–Crippen MR) is 362 cm³/mol. The number of aromatic nitrogens is 2. The van der Waals surface area contributed by atoms with Crippen LogP contribution in [0, 0.1) is 0 Å². The highest BCUT2D eigenvalue weighted by atomic mass is 35.5. The average molecular weight is 1160 g/mol. The third kappa shape index (κ3) is 8.80. The molecule has 0 unspecified atom stereocenters. The molecule has 0 saturated heterocycles. The van der Waals surface area contributed by atoms with Crippen molar-refractivity contribution in [2.75, 3.05) is 0 Å². The lowest BCUT2D eigenvalue weighted by Gasteiger charge is -2.42. The summed E-state index contributed by atoms with van der Waals surface area (Å²) in [6.07, 6.45) is 0. The number of carbonyl (C=O) groups excluding carboxylic acids is 3. The van der Waals surface area contributed by atoms with Gasteiger partial charge in [0.1, 0.15) is 0 Å². The molecule has 89 heavy (non-hydrogen) atoms. The van der Waals surface area contributed by atoms with Crippen LogP contribution in [0.5, 0.6) is 0 Å². The maximum absolute atomic E-state index is 14.3. The highest BCUT2D eigenvalue weighted by Crippen LogP contribution is 2.56. The van der Waals surface area contributed by atoms with Crippen LogP contribution in [0.4, 0.5) is 0 Å². The fourth-order valence-corrected chi connectivity index (χ4v) is 14.3. The first-order valence-corrected chi connectivity index (χ1v) is 30.3. The highest BCUT2D eigenvalue weighted by Gasteiger charge is 2.47. The van der Waals surface area contributed by atoms with Gasteiger partial charge in [0.2, 0.25) is 0 Å². The Hall–Kier alpha value is -11.2. The van der Waals surface area contributed by atoms with Gasteiger partial charge in [-0.05, 0) is 105 Å². The Kier molecular flexibility index (Phi) is 13.8. The van der Waals surface area contributed by atoms with Crippen LogP contribution in [0.3, 0.4) is 0 Å². The van der Waals surface area contributed by atoms with Gasteiger partial charge in [0.15, 0.2) is 11.6 Å². The molecule has 15 aromatic rings. The average Bonchev–Trinajstić information content (AvgIpc) is 1.64. The lowest BCUT2D eigenvalue weighted by Crippen LogP contribution is -2.35. The zero-order valence-electron chi connectivity index (χ0n) is 48.3. The summed E-state index contributed by atoms with van der Waals surface area (Å²) >= 11 is 5.16. The zero-order valence-corrected chi connectivity index (χ0v) is 49.0. The van der Waals surface area contributed by atoms with E-state index in [9.17, 15) is 14.4 Å². The van der Waals surface area contributed by atoms with E-state index in [2.05, 4.69) is 221 Å². The Morgan fingerprint density at radius 3 is 1.10 bits per heavy atom. The van der Waals surface area contributed by atoms with Crippen molar-refractivity contribution >= 4 is 72.0 Å². The molecule has 0 aliphatic carbocycles. The SMILES string of the molecule is O=C(Cl)c1ccccc1.O=C(c1ccccc1)c1ccc2c(c1)c1cc(C(=O)c3ccccc3)cc3c1n2-c1ccccc1C3(c1ccccc1)c1ccccc1.c1ccc(C2(c3ccccc3)c3ccccc3-n3c4ccccc4c4cccc2c43)cc1. The van der Waals surface area contributed by atoms with Gasteiger partial charge in [-0.15, -0.1) is 0 Å². The van der Waals surface area contributed by atoms with E-state index < -0.39 is 10.7 Å². The highest BCUT2D eigenvalue weighted by molar-refractivity contribution is 6.67. The van der Waals surface area contributed by atoms with Gasteiger partial charge < -0.3 is 9.13 Å². The number of hydrogen-bond acceptors (Lipinski definition) is 3. The van der Waals surface area contributed by atoms with E-state index in [1.807, 2.05) is 97.1 Å². The van der Waals surface area contributed by atoms with Crippen molar-refractivity contribution in [3.05, 3.63) is 406 Å². The standard InChI is InChI=1S/C45H29NO2.C31H21N.C7H5ClO/c47-43(30-15-5-1-6-16-30)32-25-26-40-36(27-32)37-28-33(44(48)31-17-7-2-8-18-31)29-39-42(37)46(40)41-24-14-13-23-38(41)45(39,34-19-9-3-10-20-34)35-21-11-4-12-22-35;1-3-12-22(13-4-1)31(23-14-5-2-6-15-23)26-18-8-10-21-29(26)32-28-20-9-7-16-24(28)25-17-11-19-27(31)30(25)32;8-7(9)6-4-2-1-3-5-6/h1-29H;1-21H;1-5H. The lowest BCUT2D eigenvalue weighted by atomic mass is 9.63. The molecule has 4 heterocycles. The summed E-state index contributed by atoms with van der Waals surface area (Å²) in [4.78, 5) is 38.5. The molecule has 0 N–H and O–H groups in total. The summed E-state index contributed by atoms with van der Waals surface area (Å²) in [6, 6.07) is 114. The second-order valence-electron chi connectivity index (χ2n) is 22.6. The number of halogens is 1. The summed E-state index contributed by atoms with van der Waals surface area (Å²) < 4.78 is 4.80. The molecule has 2 aliphatic rings. The normalized spacial score (nSPS) is 12.9. The van der Waals surface area contributed by atoms with Crippen molar-refractivity contribution in [1.82, 2.24) is 9.13 Å². The molecule has 0 saturated carbocycles.